The lowest BCUT2D eigenvalue weighted by atomic mass is 9.94. The van der Waals surface area contributed by atoms with Crippen LogP contribution in [-0.2, 0) is 9.59 Å². The second kappa shape index (κ2) is 8.49. The van der Waals surface area contributed by atoms with Crippen LogP contribution in [0.15, 0.2) is 54.1 Å². The first-order chi connectivity index (χ1) is 13.8. The molecule has 0 aromatic heterocycles. The molecule has 6 nitrogen and oxygen atoms in total. The summed E-state index contributed by atoms with van der Waals surface area (Å²) in [5.41, 5.74) is 2.43. The van der Waals surface area contributed by atoms with Crippen LogP contribution in [0.25, 0.3) is 5.76 Å². The second-order valence-electron chi connectivity index (χ2n) is 7.59. The Morgan fingerprint density at radius 2 is 1.83 bits per heavy atom. The van der Waals surface area contributed by atoms with E-state index in [0.29, 0.717) is 24.4 Å². The Labute approximate surface area is 171 Å². The van der Waals surface area contributed by atoms with Crippen molar-refractivity contribution < 1.29 is 24.3 Å². The number of ether oxygens (including phenoxy) is 1. The highest BCUT2D eigenvalue weighted by Crippen LogP contribution is 2.39. The third-order valence-corrected chi connectivity index (χ3v) is 5.13. The Morgan fingerprint density at radius 1 is 1.14 bits per heavy atom. The standard InChI is InChI=1S/C23H26N2O4/c1-15-8-10-16(11-9-15)20-19(21(26)17-6-5-7-18(14-17)29-4)22(27)23(28)25(20)13-12-24(2)3/h5-11,14,20,26H,12-13H2,1-4H3/p+1/t20-/m1/s1. The average molecular weight is 395 g/mol. The number of likely N-dealkylation sites (tertiary alicyclic amines) is 1. The van der Waals surface area contributed by atoms with Gasteiger partial charge in [0.2, 0.25) is 0 Å². The fourth-order valence-electron chi connectivity index (χ4n) is 3.48. The van der Waals surface area contributed by atoms with E-state index in [1.165, 1.54) is 12.0 Å². The number of amides is 1. The van der Waals surface area contributed by atoms with E-state index in [2.05, 4.69) is 0 Å². The van der Waals surface area contributed by atoms with Crippen molar-refractivity contribution in [3.05, 3.63) is 70.8 Å². The van der Waals surface area contributed by atoms with Crippen molar-refractivity contribution in [1.29, 1.82) is 0 Å². The van der Waals surface area contributed by atoms with Gasteiger partial charge in [0.05, 0.1) is 45.9 Å². The van der Waals surface area contributed by atoms with E-state index in [0.717, 1.165) is 11.1 Å². The van der Waals surface area contributed by atoms with Crippen molar-refractivity contribution >= 4 is 17.4 Å². The molecular formula is C23H27N2O4+. The number of likely N-dealkylation sites (N-methyl/N-ethyl adjacent to an activating group) is 1. The minimum absolute atomic E-state index is 0.112. The predicted octanol–water partition coefficient (Wildman–Crippen LogP) is 1.57. The molecule has 0 bridgehead atoms. The number of ketones is 1. The summed E-state index contributed by atoms with van der Waals surface area (Å²) >= 11 is 0. The van der Waals surface area contributed by atoms with Crippen molar-refractivity contribution in [1.82, 2.24) is 4.90 Å². The molecule has 152 valence electrons. The third-order valence-electron chi connectivity index (χ3n) is 5.13. The minimum Gasteiger partial charge on any atom is -0.507 e. The molecule has 1 aliphatic heterocycles. The molecule has 2 N–H and O–H groups in total. The van der Waals surface area contributed by atoms with Gasteiger partial charge in [-0.2, -0.15) is 0 Å². The van der Waals surface area contributed by atoms with Gasteiger partial charge in [-0.1, -0.05) is 42.0 Å². The number of benzene rings is 2. The first kappa shape index (κ1) is 20.6. The van der Waals surface area contributed by atoms with Crippen LogP contribution in [-0.4, -0.2) is 56.0 Å². The largest absolute Gasteiger partial charge is 0.507 e. The lowest BCUT2D eigenvalue weighted by Crippen LogP contribution is -3.06. The molecule has 2 aromatic rings. The number of Topliss-reactive ketones (excluding diaryl/α,β-unsaturated/α-hetero) is 1. The summed E-state index contributed by atoms with van der Waals surface area (Å²) in [5.74, 6) is -0.871. The van der Waals surface area contributed by atoms with Gasteiger partial charge in [-0.3, -0.25) is 9.59 Å². The van der Waals surface area contributed by atoms with Crippen LogP contribution < -0.4 is 9.64 Å². The van der Waals surface area contributed by atoms with Crippen LogP contribution in [0.4, 0.5) is 0 Å². The summed E-state index contributed by atoms with van der Waals surface area (Å²) in [6.45, 7) is 3.08. The van der Waals surface area contributed by atoms with E-state index >= 15 is 0 Å². The number of nitrogens with zero attached hydrogens (tertiary/aromatic N) is 1. The van der Waals surface area contributed by atoms with Gasteiger partial charge in [-0.05, 0) is 24.6 Å². The van der Waals surface area contributed by atoms with Gasteiger partial charge in [0.1, 0.15) is 11.5 Å². The molecule has 6 heteroatoms. The van der Waals surface area contributed by atoms with Gasteiger partial charge >= 0.3 is 0 Å². The fourth-order valence-corrected chi connectivity index (χ4v) is 3.48. The number of aliphatic hydroxyl groups is 1. The molecule has 0 aliphatic carbocycles. The van der Waals surface area contributed by atoms with Crippen LogP contribution in [0.2, 0.25) is 0 Å². The number of aryl methyl sites for hydroxylation is 1. The Balaban J connectivity index is 2.14. The van der Waals surface area contributed by atoms with E-state index < -0.39 is 17.7 Å². The molecule has 3 rings (SSSR count). The molecule has 0 radical (unpaired) electrons. The number of hydrogen-bond acceptors (Lipinski definition) is 4. The van der Waals surface area contributed by atoms with Gasteiger partial charge in [0.15, 0.2) is 0 Å². The van der Waals surface area contributed by atoms with Crippen molar-refractivity contribution in [2.45, 2.75) is 13.0 Å². The Hall–Kier alpha value is -3.12. The maximum Gasteiger partial charge on any atom is 0.295 e. The number of carbonyl (C=O) groups excluding carboxylic acids is 2. The normalized spacial score (nSPS) is 18.5. The Morgan fingerprint density at radius 3 is 2.45 bits per heavy atom. The van der Waals surface area contributed by atoms with E-state index in [1.54, 1.807) is 29.2 Å². The van der Waals surface area contributed by atoms with Gasteiger partial charge in [0, 0.05) is 5.56 Å². The molecule has 1 saturated heterocycles. The first-order valence-corrected chi connectivity index (χ1v) is 9.62. The van der Waals surface area contributed by atoms with Crippen molar-refractivity contribution in [3.8, 4) is 5.75 Å². The van der Waals surface area contributed by atoms with Crippen LogP contribution in [0.1, 0.15) is 22.7 Å². The number of methoxy groups -OCH3 is 1. The van der Waals surface area contributed by atoms with Gasteiger partial charge < -0.3 is 19.6 Å². The van der Waals surface area contributed by atoms with Gasteiger partial charge in [-0.15, -0.1) is 0 Å². The van der Waals surface area contributed by atoms with E-state index in [-0.39, 0.29) is 11.3 Å². The first-order valence-electron chi connectivity index (χ1n) is 9.62. The van der Waals surface area contributed by atoms with Crippen LogP contribution in [0, 0.1) is 6.92 Å². The average Bonchev–Trinajstić information content (AvgIpc) is 2.97. The molecule has 1 aliphatic rings. The molecule has 1 atom stereocenters. The topological polar surface area (TPSA) is 71.3 Å². The zero-order chi connectivity index (χ0) is 21.1. The number of carbonyl (C=O) groups is 2. The lowest BCUT2D eigenvalue weighted by Gasteiger charge is -2.25. The number of nitrogens with one attached hydrogen (secondary N) is 1. The smallest absolute Gasteiger partial charge is 0.295 e. The summed E-state index contributed by atoms with van der Waals surface area (Å²) in [6, 6.07) is 13.9. The highest BCUT2D eigenvalue weighted by Gasteiger charge is 2.46. The lowest BCUT2D eigenvalue weighted by molar-refractivity contribution is -0.857. The quantitative estimate of drug-likeness (QED) is 0.443. The monoisotopic (exact) mass is 395 g/mol. The third kappa shape index (κ3) is 4.17. The van der Waals surface area contributed by atoms with Gasteiger partial charge in [0.25, 0.3) is 11.7 Å². The summed E-state index contributed by atoms with van der Waals surface area (Å²) in [4.78, 5) is 28.5. The Kier molecular flexibility index (Phi) is 6.03. The molecule has 29 heavy (non-hydrogen) atoms. The maximum absolute atomic E-state index is 12.9. The van der Waals surface area contributed by atoms with E-state index in [4.69, 9.17) is 4.74 Å². The number of rotatable bonds is 6. The summed E-state index contributed by atoms with van der Waals surface area (Å²) < 4.78 is 5.23. The molecule has 0 spiro atoms. The molecule has 2 aromatic carbocycles. The number of quaternary nitrogens is 1. The van der Waals surface area contributed by atoms with Crippen LogP contribution >= 0.6 is 0 Å². The summed E-state index contributed by atoms with van der Waals surface area (Å²) in [6.07, 6.45) is 0. The SMILES string of the molecule is COc1cccc(C(O)=C2C(=O)C(=O)N(CC[NH+](C)C)[C@@H]2c2ccc(C)cc2)c1. The number of aliphatic hydroxyl groups excluding tert-OH is 1. The summed E-state index contributed by atoms with van der Waals surface area (Å²) in [7, 11) is 5.52. The van der Waals surface area contributed by atoms with Gasteiger partial charge in [-0.25, -0.2) is 0 Å². The van der Waals surface area contributed by atoms with Crippen molar-refractivity contribution in [2.24, 2.45) is 0 Å². The Bertz CT molecular complexity index is 948. The van der Waals surface area contributed by atoms with Crippen LogP contribution in [0.5, 0.6) is 5.75 Å². The molecule has 0 saturated carbocycles. The molecule has 1 heterocycles. The predicted molar refractivity (Wildman–Crippen MR) is 111 cm³/mol. The van der Waals surface area contributed by atoms with Crippen LogP contribution in [0.3, 0.4) is 0 Å². The molecular weight excluding hydrogens is 368 g/mol. The maximum atomic E-state index is 12.9. The zero-order valence-corrected chi connectivity index (χ0v) is 17.2. The van der Waals surface area contributed by atoms with E-state index in [9.17, 15) is 14.7 Å². The highest BCUT2D eigenvalue weighted by molar-refractivity contribution is 6.46. The fraction of sp³-hybridized carbons (Fsp3) is 0.304. The van der Waals surface area contributed by atoms with Crippen molar-refractivity contribution in [3.63, 3.8) is 0 Å². The zero-order valence-electron chi connectivity index (χ0n) is 17.2. The molecule has 0 unspecified atom stereocenters. The van der Waals surface area contributed by atoms with Crippen molar-refractivity contribution in [2.75, 3.05) is 34.3 Å². The molecule has 1 fully saturated rings. The second-order valence-corrected chi connectivity index (χ2v) is 7.59. The minimum atomic E-state index is -0.662. The number of hydrogen-bond donors (Lipinski definition) is 2. The highest BCUT2D eigenvalue weighted by atomic mass is 16.5. The summed E-state index contributed by atoms with van der Waals surface area (Å²) in [5, 5.41) is 11.0. The molecule has 1 amide bonds. The van der Waals surface area contributed by atoms with E-state index in [1.807, 2.05) is 45.3 Å².